The van der Waals surface area contributed by atoms with Crippen LogP contribution >= 0.6 is 0 Å². The van der Waals surface area contributed by atoms with Crippen molar-refractivity contribution in [2.75, 3.05) is 20.7 Å². The van der Waals surface area contributed by atoms with Crippen molar-refractivity contribution in [3.63, 3.8) is 0 Å². The van der Waals surface area contributed by atoms with E-state index in [9.17, 15) is 4.79 Å². The monoisotopic (exact) mass is 298 g/mol. The summed E-state index contributed by atoms with van der Waals surface area (Å²) in [6.45, 7) is 12.1. The Morgan fingerprint density at radius 3 is 2.57 bits per heavy atom. The first-order chi connectivity index (χ1) is 9.68. The average Bonchev–Trinajstić information content (AvgIpc) is 2.87. The Morgan fingerprint density at radius 1 is 1.48 bits per heavy atom. The van der Waals surface area contributed by atoms with Crippen molar-refractivity contribution in [1.82, 2.24) is 10.2 Å². The fraction of sp³-hybridized carbons (Fsp3) is 0.941. The van der Waals surface area contributed by atoms with Gasteiger partial charge in [0.1, 0.15) is 5.54 Å². The van der Waals surface area contributed by atoms with Crippen LogP contribution in [0.5, 0.6) is 0 Å². The van der Waals surface area contributed by atoms with E-state index in [1.54, 1.807) is 0 Å². The predicted octanol–water partition coefficient (Wildman–Crippen LogP) is 2.82. The molecule has 4 heteroatoms. The van der Waals surface area contributed by atoms with E-state index < -0.39 is 5.54 Å². The van der Waals surface area contributed by atoms with Crippen molar-refractivity contribution in [3.8, 4) is 0 Å². The van der Waals surface area contributed by atoms with Crippen LogP contribution in [0.3, 0.4) is 0 Å². The Morgan fingerprint density at radius 2 is 2.10 bits per heavy atom. The SMILES string of the molecule is CCCNC1(C(=O)OC)CCC(N(C)C(C)C(C)(C)C)C1. The molecule has 1 rings (SSSR count). The van der Waals surface area contributed by atoms with E-state index in [4.69, 9.17) is 4.74 Å². The number of carbonyl (C=O) groups is 1. The first kappa shape index (κ1) is 18.4. The maximum Gasteiger partial charge on any atom is 0.326 e. The Hall–Kier alpha value is -0.610. The lowest BCUT2D eigenvalue weighted by Crippen LogP contribution is -2.53. The van der Waals surface area contributed by atoms with Gasteiger partial charge in [-0.1, -0.05) is 27.7 Å². The molecule has 0 saturated heterocycles. The highest BCUT2D eigenvalue weighted by Gasteiger charge is 2.47. The summed E-state index contributed by atoms with van der Waals surface area (Å²) in [5, 5.41) is 3.46. The van der Waals surface area contributed by atoms with Gasteiger partial charge in [0.15, 0.2) is 0 Å². The maximum atomic E-state index is 12.3. The van der Waals surface area contributed by atoms with Crippen molar-refractivity contribution in [1.29, 1.82) is 0 Å². The van der Waals surface area contributed by atoms with E-state index in [-0.39, 0.29) is 11.4 Å². The summed E-state index contributed by atoms with van der Waals surface area (Å²) in [6, 6.07) is 0.907. The normalized spacial score (nSPS) is 27.9. The molecule has 4 nitrogen and oxygen atoms in total. The molecule has 1 N–H and O–H groups in total. The molecule has 1 aliphatic rings. The van der Waals surface area contributed by atoms with Gasteiger partial charge in [0.2, 0.25) is 0 Å². The Kier molecular flexibility index (Phi) is 6.23. The van der Waals surface area contributed by atoms with Gasteiger partial charge < -0.3 is 15.0 Å². The molecule has 1 aliphatic carbocycles. The molecular weight excluding hydrogens is 264 g/mol. The number of esters is 1. The summed E-state index contributed by atoms with van der Waals surface area (Å²) >= 11 is 0. The molecule has 3 atom stereocenters. The number of ether oxygens (including phenoxy) is 1. The van der Waals surface area contributed by atoms with E-state index >= 15 is 0 Å². The minimum atomic E-state index is -0.485. The molecule has 0 aromatic heterocycles. The van der Waals surface area contributed by atoms with Crippen molar-refractivity contribution < 1.29 is 9.53 Å². The number of nitrogens with one attached hydrogen (secondary N) is 1. The van der Waals surface area contributed by atoms with Crippen LogP contribution in [0, 0.1) is 5.41 Å². The Labute approximate surface area is 130 Å². The number of rotatable bonds is 6. The zero-order chi connectivity index (χ0) is 16.3. The number of hydrogen-bond donors (Lipinski definition) is 1. The second-order valence-corrected chi connectivity index (χ2v) is 7.60. The third-order valence-corrected chi connectivity index (χ3v) is 5.22. The maximum absolute atomic E-state index is 12.3. The van der Waals surface area contributed by atoms with E-state index in [0.717, 1.165) is 32.2 Å². The smallest absolute Gasteiger partial charge is 0.326 e. The van der Waals surface area contributed by atoms with Crippen molar-refractivity contribution in [2.45, 2.75) is 77.9 Å². The molecule has 0 aliphatic heterocycles. The van der Waals surface area contributed by atoms with Crippen LogP contribution in [0.15, 0.2) is 0 Å². The van der Waals surface area contributed by atoms with Gasteiger partial charge in [0.05, 0.1) is 7.11 Å². The quantitative estimate of drug-likeness (QED) is 0.766. The molecule has 0 heterocycles. The molecule has 3 unspecified atom stereocenters. The minimum absolute atomic E-state index is 0.102. The lowest BCUT2D eigenvalue weighted by atomic mass is 9.86. The van der Waals surface area contributed by atoms with Gasteiger partial charge in [-0.25, -0.2) is 0 Å². The van der Waals surface area contributed by atoms with Crippen LogP contribution in [0.1, 0.15) is 60.3 Å². The summed E-state index contributed by atoms with van der Waals surface area (Å²) < 4.78 is 5.07. The van der Waals surface area contributed by atoms with Crippen LogP contribution in [0.25, 0.3) is 0 Å². The lowest BCUT2D eigenvalue weighted by Gasteiger charge is -2.39. The van der Waals surface area contributed by atoms with Crippen LogP contribution in [0.4, 0.5) is 0 Å². The highest BCUT2D eigenvalue weighted by molar-refractivity contribution is 5.81. The number of hydrogen-bond acceptors (Lipinski definition) is 4. The van der Waals surface area contributed by atoms with Gasteiger partial charge in [-0.3, -0.25) is 4.79 Å². The van der Waals surface area contributed by atoms with Gasteiger partial charge in [0.25, 0.3) is 0 Å². The summed E-state index contributed by atoms with van der Waals surface area (Å²) in [4.78, 5) is 14.7. The third kappa shape index (κ3) is 4.19. The fourth-order valence-corrected chi connectivity index (χ4v) is 3.27. The first-order valence-electron chi connectivity index (χ1n) is 8.23. The van der Waals surface area contributed by atoms with Crippen LogP contribution in [-0.2, 0) is 9.53 Å². The first-order valence-corrected chi connectivity index (χ1v) is 8.23. The summed E-state index contributed by atoms with van der Waals surface area (Å²) in [7, 11) is 3.68. The number of carbonyl (C=O) groups excluding carboxylic acids is 1. The molecule has 0 radical (unpaired) electrons. The largest absolute Gasteiger partial charge is 0.468 e. The number of methoxy groups -OCH3 is 1. The van der Waals surface area contributed by atoms with Gasteiger partial charge >= 0.3 is 5.97 Å². The van der Waals surface area contributed by atoms with Crippen LogP contribution in [-0.4, -0.2) is 49.2 Å². The van der Waals surface area contributed by atoms with Crippen molar-refractivity contribution in [2.24, 2.45) is 5.41 Å². The van der Waals surface area contributed by atoms with Gasteiger partial charge in [0, 0.05) is 12.1 Å². The van der Waals surface area contributed by atoms with E-state index in [0.29, 0.717) is 12.1 Å². The molecule has 1 saturated carbocycles. The minimum Gasteiger partial charge on any atom is -0.468 e. The van der Waals surface area contributed by atoms with Crippen molar-refractivity contribution >= 4 is 5.97 Å². The fourth-order valence-electron chi connectivity index (χ4n) is 3.27. The van der Waals surface area contributed by atoms with Crippen LogP contribution in [0.2, 0.25) is 0 Å². The molecule has 1 fully saturated rings. The summed E-state index contributed by atoms with van der Waals surface area (Å²) in [6.07, 6.45) is 3.78. The van der Waals surface area contributed by atoms with Crippen LogP contribution < -0.4 is 5.32 Å². The molecule has 0 amide bonds. The Bertz CT molecular complexity index is 351. The molecular formula is C17H34N2O2. The predicted molar refractivity (Wildman–Crippen MR) is 87.4 cm³/mol. The van der Waals surface area contributed by atoms with E-state index in [1.807, 2.05) is 0 Å². The van der Waals surface area contributed by atoms with E-state index in [2.05, 4.69) is 51.9 Å². The molecule has 0 bridgehead atoms. The Balaban J connectivity index is 2.81. The standard InChI is InChI=1S/C17H34N2O2/c1-8-11-18-17(15(20)21-7)10-9-14(12-17)19(6)13(2)16(3,4)5/h13-14,18H,8-12H2,1-7H3. The third-order valence-electron chi connectivity index (χ3n) is 5.22. The topological polar surface area (TPSA) is 41.6 Å². The van der Waals surface area contributed by atoms with E-state index in [1.165, 1.54) is 7.11 Å². The highest BCUT2D eigenvalue weighted by atomic mass is 16.5. The highest BCUT2D eigenvalue weighted by Crippen LogP contribution is 2.36. The summed E-state index contributed by atoms with van der Waals surface area (Å²) in [5.41, 5.74) is -0.247. The molecule has 0 spiro atoms. The molecule has 21 heavy (non-hydrogen) atoms. The van der Waals surface area contributed by atoms with Gasteiger partial charge in [-0.05, 0) is 51.6 Å². The average molecular weight is 298 g/mol. The summed E-state index contributed by atoms with van der Waals surface area (Å²) in [5.74, 6) is -0.102. The van der Waals surface area contributed by atoms with Gasteiger partial charge in [-0.2, -0.15) is 0 Å². The molecule has 124 valence electrons. The zero-order valence-electron chi connectivity index (χ0n) is 15.0. The zero-order valence-corrected chi connectivity index (χ0v) is 15.0. The second kappa shape index (κ2) is 7.10. The second-order valence-electron chi connectivity index (χ2n) is 7.60. The van der Waals surface area contributed by atoms with Crippen molar-refractivity contribution in [3.05, 3.63) is 0 Å². The lowest BCUT2D eigenvalue weighted by molar-refractivity contribution is -0.148. The molecule has 0 aromatic rings. The molecule has 0 aromatic carbocycles. The van der Waals surface area contributed by atoms with Gasteiger partial charge in [-0.15, -0.1) is 0 Å². The number of nitrogens with zero attached hydrogens (tertiary/aromatic N) is 1.